The van der Waals surface area contributed by atoms with Crippen LogP contribution in [0.4, 0.5) is 17.6 Å². The van der Waals surface area contributed by atoms with Gasteiger partial charge in [0, 0.05) is 31.7 Å². The maximum atomic E-state index is 13.5. The van der Waals surface area contributed by atoms with Crippen LogP contribution in [-0.2, 0) is 6.18 Å². The van der Waals surface area contributed by atoms with Gasteiger partial charge in [-0.05, 0) is 41.5 Å². The van der Waals surface area contributed by atoms with Crippen LogP contribution in [-0.4, -0.2) is 41.9 Å². The van der Waals surface area contributed by atoms with Crippen molar-refractivity contribution in [3.05, 3.63) is 107 Å². The number of halogens is 4. The monoisotopic (exact) mass is 442 g/mol. The molecular formula is C25H22F4N2O. The highest BCUT2D eigenvalue weighted by Crippen LogP contribution is 2.31. The number of carbonyl (C=O) groups excluding carboxylic acids is 1. The summed E-state index contributed by atoms with van der Waals surface area (Å²) in [6.45, 7) is 1.86. The molecule has 7 heteroatoms. The lowest BCUT2D eigenvalue weighted by molar-refractivity contribution is -0.137. The summed E-state index contributed by atoms with van der Waals surface area (Å²) in [4.78, 5) is 16.6. The molecule has 0 bridgehead atoms. The first-order valence-electron chi connectivity index (χ1n) is 10.3. The fourth-order valence-corrected chi connectivity index (χ4v) is 4.09. The van der Waals surface area contributed by atoms with Crippen molar-refractivity contribution in [3.63, 3.8) is 0 Å². The minimum absolute atomic E-state index is 0.0337. The molecule has 1 saturated heterocycles. The first kappa shape index (κ1) is 22.0. The van der Waals surface area contributed by atoms with E-state index in [9.17, 15) is 22.4 Å². The molecule has 4 rings (SSSR count). The average Bonchev–Trinajstić information content (AvgIpc) is 2.81. The van der Waals surface area contributed by atoms with Crippen LogP contribution in [0.25, 0.3) is 0 Å². The SMILES string of the molecule is O=C(c1cccc(C(F)(F)F)c1)N1CCN(C(c2ccccc2)c2ccc(F)cc2)CC1. The second-order valence-corrected chi connectivity index (χ2v) is 7.77. The van der Waals surface area contributed by atoms with Crippen molar-refractivity contribution in [1.82, 2.24) is 9.80 Å². The van der Waals surface area contributed by atoms with Gasteiger partial charge in [0.05, 0.1) is 11.6 Å². The highest BCUT2D eigenvalue weighted by molar-refractivity contribution is 5.94. The van der Waals surface area contributed by atoms with Crippen molar-refractivity contribution >= 4 is 5.91 Å². The summed E-state index contributed by atoms with van der Waals surface area (Å²) in [5, 5.41) is 0. The van der Waals surface area contributed by atoms with Crippen molar-refractivity contribution in [2.45, 2.75) is 12.2 Å². The summed E-state index contributed by atoms with van der Waals surface area (Å²) in [5.74, 6) is -0.717. The highest BCUT2D eigenvalue weighted by atomic mass is 19.4. The molecule has 0 aromatic heterocycles. The summed E-state index contributed by atoms with van der Waals surface area (Å²) < 4.78 is 52.5. The van der Waals surface area contributed by atoms with E-state index in [4.69, 9.17) is 0 Å². The number of hydrogen-bond acceptors (Lipinski definition) is 2. The molecule has 3 aromatic carbocycles. The first-order chi connectivity index (χ1) is 15.3. The molecule has 1 atom stereocenters. The predicted molar refractivity (Wildman–Crippen MR) is 114 cm³/mol. The predicted octanol–water partition coefficient (Wildman–Crippen LogP) is 5.39. The summed E-state index contributed by atoms with van der Waals surface area (Å²) in [6, 6.07) is 20.6. The van der Waals surface area contributed by atoms with E-state index in [0.717, 1.165) is 23.3 Å². The lowest BCUT2D eigenvalue weighted by Gasteiger charge is -2.40. The molecule has 0 saturated carbocycles. The van der Waals surface area contributed by atoms with E-state index in [1.807, 2.05) is 30.3 Å². The van der Waals surface area contributed by atoms with E-state index < -0.39 is 17.6 Å². The molecule has 0 N–H and O–H groups in total. The summed E-state index contributed by atoms with van der Waals surface area (Å²) in [6.07, 6.45) is -4.49. The van der Waals surface area contributed by atoms with Gasteiger partial charge in [0.25, 0.3) is 5.91 Å². The van der Waals surface area contributed by atoms with E-state index in [1.54, 1.807) is 17.0 Å². The Morgan fingerprint density at radius 1 is 0.781 bits per heavy atom. The highest BCUT2D eigenvalue weighted by Gasteiger charge is 2.32. The Hall–Kier alpha value is -3.19. The second-order valence-electron chi connectivity index (χ2n) is 7.77. The van der Waals surface area contributed by atoms with E-state index in [2.05, 4.69) is 4.90 Å². The molecule has 0 aliphatic carbocycles. The summed E-state index contributed by atoms with van der Waals surface area (Å²) >= 11 is 0. The first-order valence-corrected chi connectivity index (χ1v) is 10.3. The smallest absolute Gasteiger partial charge is 0.336 e. The fraction of sp³-hybridized carbons (Fsp3) is 0.240. The minimum atomic E-state index is -4.49. The van der Waals surface area contributed by atoms with Gasteiger partial charge in [0.15, 0.2) is 0 Å². The van der Waals surface area contributed by atoms with Gasteiger partial charge >= 0.3 is 6.18 Å². The van der Waals surface area contributed by atoms with Gasteiger partial charge < -0.3 is 4.90 Å². The van der Waals surface area contributed by atoms with Gasteiger partial charge in [-0.2, -0.15) is 13.2 Å². The molecule has 0 radical (unpaired) electrons. The molecule has 1 heterocycles. The van der Waals surface area contributed by atoms with Crippen LogP contribution in [0.1, 0.15) is 33.1 Å². The van der Waals surface area contributed by atoms with Crippen LogP contribution in [0, 0.1) is 5.82 Å². The lowest BCUT2D eigenvalue weighted by atomic mass is 9.96. The van der Waals surface area contributed by atoms with Crippen molar-refractivity contribution in [2.24, 2.45) is 0 Å². The Bertz CT molecular complexity index is 1060. The summed E-state index contributed by atoms with van der Waals surface area (Å²) in [7, 11) is 0. The average molecular weight is 442 g/mol. The second kappa shape index (κ2) is 9.12. The maximum Gasteiger partial charge on any atom is 0.416 e. The quantitative estimate of drug-likeness (QED) is 0.506. The van der Waals surface area contributed by atoms with Gasteiger partial charge in [-0.1, -0.05) is 48.5 Å². The number of hydrogen-bond donors (Lipinski definition) is 0. The Labute approximate surface area is 183 Å². The Morgan fingerprint density at radius 2 is 1.41 bits per heavy atom. The lowest BCUT2D eigenvalue weighted by Crippen LogP contribution is -2.49. The molecule has 0 spiro atoms. The molecule has 3 nitrogen and oxygen atoms in total. The van der Waals surface area contributed by atoms with Crippen molar-refractivity contribution in [3.8, 4) is 0 Å². The van der Waals surface area contributed by atoms with E-state index in [-0.39, 0.29) is 17.4 Å². The van der Waals surface area contributed by atoms with E-state index >= 15 is 0 Å². The third-order valence-corrected chi connectivity index (χ3v) is 5.70. The van der Waals surface area contributed by atoms with Gasteiger partial charge in [-0.3, -0.25) is 9.69 Å². The molecule has 1 fully saturated rings. The molecule has 1 amide bonds. The molecule has 1 aliphatic heterocycles. The fourth-order valence-electron chi connectivity index (χ4n) is 4.09. The zero-order chi connectivity index (χ0) is 22.7. The zero-order valence-electron chi connectivity index (χ0n) is 17.2. The number of nitrogens with zero attached hydrogens (tertiary/aromatic N) is 2. The number of amides is 1. The van der Waals surface area contributed by atoms with Crippen LogP contribution in [0.2, 0.25) is 0 Å². The number of benzene rings is 3. The summed E-state index contributed by atoms with van der Waals surface area (Å²) in [5.41, 5.74) is 1.20. The van der Waals surface area contributed by atoms with E-state index in [1.165, 1.54) is 24.3 Å². The molecule has 1 unspecified atom stereocenters. The van der Waals surface area contributed by atoms with Gasteiger partial charge in [-0.15, -0.1) is 0 Å². The third kappa shape index (κ3) is 4.83. The van der Waals surface area contributed by atoms with Gasteiger partial charge in [-0.25, -0.2) is 4.39 Å². The molecular weight excluding hydrogens is 420 g/mol. The zero-order valence-corrected chi connectivity index (χ0v) is 17.2. The maximum absolute atomic E-state index is 13.5. The molecule has 32 heavy (non-hydrogen) atoms. The van der Waals surface area contributed by atoms with Crippen LogP contribution in [0.3, 0.4) is 0 Å². The van der Waals surface area contributed by atoms with Crippen molar-refractivity contribution in [1.29, 1.82) is 0 Å². The van der Waals surface area contributed by atoms with Crippen molar-refractivity contribution in [2.75, 3.05) is 26.2 Å². The number of alkyl halides is 3. The van der Waals surface area contributed by atoms with Crippen LogP contribution >= 0.6 is 0 Å². The molecule has 1 aliphatic rings. The normalized spacial score (nSPS) is 16.1. The number of carbonyl (C=O) groups is 1. The minimum Gasteiger partial charge on any atom is -0.336 e. The standard InChI is InChI=1S/C25H22F4N2O/c26-22-11-9-19(10-12-22)23(18-5-2-1-3-6-18)30-13-15-31(16-14-30)24(32)20-7-4-8-21(17-20)25(27,28)29/h1-12,17,23H,13-16H2. The number of piperazine rings is 1. The van der Waals surface area contributed by atoms with Crippen LogP contribution in [0.5, 0.6) is 0 Å². The number of rotatable bonds is 4. The Balaban J connectivity index is 1.51. The van der Waals surface area contributed by atoms with Crippen molar-refractivity contribution < 1.29 is 22.4 Å². The largest absolute Gasteiger partial charge is 0.416 e. The molecule has 3 aromatic rings. The molecule has 166 valence electrons. The Kier molecular flexibility index (Phi) is 6.28. The third-order valence-electron chi connectivity index (χ3n) is 5.70. The Morgan fingerprint density at radius 3 is 2.03 bits per heavy atom. The van der Waals surface area contributed by atoms with Gasteiger partial charge in [0.2, 0.25) is 0 Å². The van der Waals surface area contributed by atoms with Crippen LogP contribution in [0.15, 0.2) is 78.9 Å². The van der Waals surface area contributed by atoms with Crippen LogP contribution < -0.4 is 0 Å². The van der Waals surface area contributed by atoms with E-state index in [0.29, 0.717) is 26.2 Å². The van der Waals surface area contributed by atoms with Gasteiger partial charge in [0.1, 0.15) is 5.82 Å². The topological polar surface area (TPSA) is 23.6 Å².